The fourth-order valence-corrected chi connectivity index (χ4v) is 3.53. The molecule has 4 nitrogen and oxygen atoms in total. The normalized spacial score (nSPS) is 14.4. The zero-order chi connectivity index (χ0) is 15.5. The number of aliphatic hydroxyl groups is 1. The summed E-state index contributed by atoms with van der Waals surface area (Å²) in [5.74, 6) is 0.657. The van der Waals surface area contributed by atoms with E-state index in [1.54, 1.807) is 49.6 Å². The van der Waals surface area contributed by atoms with Crippen molar-refractivity contribution in [3.8, 4) is 5.75 Å². The summed E-state index contributed by atoms with van der Waals surface area (Å²) in [6.07, 6.45) is -1.10. The molecule has 1 N–H and O–H groups in total. The van der Waals surface area contributed by atoms with Crippen molar-refractivity contribution >= 4 is 9.84 Å². The number of ether oxygens (including phenoxy) is 1. The van der Waals surface area contributed by atoms with Crippen LogP contribution in [0, 0.1) is 0 Å². The van der Waals surface area contributed by atoms with E-state index >= 15 is 0 Å². The summed E-state index contributed by atoms with van der Waals surface area (Å²) in [5.41, 5.74) is 0.544. The van der Waals surface area contributed by atoms with E-state index in [4.69, 9.17) is 4.74 Å². The standard InChI is InChI=1S/C16H18O4S/c1-12(21(18,19)15-6-4-3-5-7-15)16(17)13-8-10-14(20-2)11-9-13/h3-12,16-17H,1-2H3/t12-,16-/m0/s1. The molecular weight excluding hydrogens is 288 g/mol. The second kappa shape index (κ2) is 6.28. The van der Waals surface area contributed by atoms with E-state index < -0.39 is 21.2 Å². The zero-order valence-corrected chi connectivity index (χ0v) is 12.7. The number of methoxy groups -OCH3 is 1. The van der Waals surface area contributed by atoms with Crippen LogP contribution >= 0.6 is 0 Å². The number of benzene rings is 2. The fourth-order valence-electron chi connectivity index (χ4n) is 2.07. The summed E-state index contributed by atoms with van der Waals surface area (Å²) in [6.45, 7) is 1.51. The maximum absolute atomic E-state index is 12.5. The number of rotatable bonds is 5. The van der Waals surface area contributed by atoms with Crippen LogP contribution < -0.4 is 4.74 Å². The van der Waals surface area contributed by atoms with Crippen molar-refractivity contribution in [2.24, 2.45) is 0 Å². The maximum Gasteiger partial charge on any atom is 0.183 e. The Kier molecular flexibility index (Phi) is 4.65. The van der Waals surface area contributed by atoms with E-state index in [0.29, 0.717) is 11.3 Å². The van der Waals surface area contributed by atoms with E-state index in [2.05, 4.69) is 0 Å². The molecule has 2 rings (SSSR count). The average molecular weight is 306 g/mol. The molecule has 0 spiro atoms. The molecular formula is C16H18O4S. The fraction of sp³-hybridized carbons (Fsp3) is 0.250. The lowest BCUT2D eigenvalue weighted by molar-refractivity contribution is 0.176. The maximum atomic E-state index is 12.5. The van der Waals surface area contributed by atoms with Crippen LogP contribution in [0.15, 0.2) is 59.5 Å². The van der Waals surface area contributed by atoms with Crippen LogP contribution in [0.4, 0.5) is 0 Å². The molecule has 0 heterocycles. The van der Waals surface area contributed by atoms with Crippen molar-refractivity contribution in [2.45, 2.75) is 23.2 Å². The van der Waals surface area contributed by atoms with Gasteiger partial charge in [0.1, 0.15) is 5.75 Å². The number of aliphatic hydroxyl groups excluding tert-OH is 1. The molecule has 2 aromatic rings. The molecule has 2 atom stereocenters. The highest BCUT2D eigenvalue weighted by atomic mass is 32.2. The minimum atomic E-state index is -3.58. The molecule has 21 heavy (non-hydrogen) atoms. The van der Waals surface area contributed by atoms with Crippen molar-refractivity contribution in [3.63, 3.8) is 0 Å². The second-order valence-electron chi connectivity index (χ2n) is 4.78. The minimum absolute atomic E-state index is 0.213. The molecule has 0 fully saturated rings. The zero-order valence-electron chi connectivity index (χ0n) is 11.9. The summed E-state index contributed by atoms with van der Waals surface area (Å²) in [7, 11) is -2.03. The van der Waals surface area contributed by atoms with Crippen LogP contribution in [0.25, 0.3) is 0 Å². The van der Waals surface area contributed by atoms with Crippen LogP contribution in [-0.2, 0) is 9.84 Å². The summed E-state index contributed by atoms with van der Waals surface area (Å²) in [6, 6.07) is 14.9. The monoisotopic (exact) mass is 306 g/mol. The summed E-state index contributed by atoms with van der Waals surface area (Å²) < 4.78 is 30.0. The third-order valence-electron chi connectivity index (χ3n) is 3.46. The Hall–Kier alpha value is -1.85. The van der Waals surface area contributed by atoms with Crippen LogP contribution in [0.5, 0.6) is 5.75 Å². The third kappa shape index (κ3) is 3.25. The molecule has 0 bridgehead atoms. The van der Waals surface area contributed by atoms with Gasteiger partial charge in [-0.15, -0.1) is 0 Å². The number of sulfone groups is 1. The quantitative estimate of drug-likeness (QED) is 0.922. The Labute approximate surface area is 124 Å². The van der Waals surface area contributed by atoms with Gasteiger partial charge < -0.3 is 9.84 Å². The van der Waals surface area contributed by atoms with Crippen LogP contribution in [0.2, 0.25) is 0 Å². The first-order valence-electron chi connectivity index (χ1n) is 6.58. The van der Waals surface area contributed by atoms with Crippen molar-refractivity contribution < 1.29 is 18.3 Å². The van der Waals surface area contributed by atoms with Gasteiger partial charge in [-0.05, 0) is 36.8 Å². The predicted octanol–water partition coefficient (Wildman–Crippen LogP) is 2.59. The van der Waals surface area contributed by atoms with Crippen LogP contribution in [-0.4, -0.2) is 25.9 Å². The highest BCUT2D eigenvalue weighted by Gasteiger charge is 2.30. The molecule has 0 amide bonds. The minimum Gasteiger partial charge on any atom is -0.497 e. The van der Waals surface area contributed by atoms with E-state index in [1.807, 2.05) is 0 Å². The topological polar surface area (TPSA) is 63.6 Å². The van der Waals surface area contributed by atoms with Crippen molar-refractivity contribution in [3.05, 3.63) is 60.2 Å². The van der Waals surface area contributed by atoms with E-state index in [0.717, 1.165) is 0 Å². The van der Waals surface area contributed by atoms with Crippen molar-refractivity contribution in [2.75, 3.05) is 7.11 Å². The Morgan fingerprint density at radius 2 is 1.57 bits per heavy atom. The predicted molar refractivity (Wildman–Crippen MR) is 81.0 cm³/mol. The lowest BCUT2D eigenvalue weighted by Crippen LogP contribution is -2.25. The second-order valence-corrected chi connectivity index (χ2v) is 7.09. The first kappa shape index (κ1) is 15.5. The van der Waals surface area contributed by atoms with E-state index in [1.165, 1.54) is 19.1 Å². The van der Waals surface area contributed by atoms with Gasteiger partial charge in [0, 0.05) is 0 Å². The Bertz CT molecular complexity index is 678. The summed E-state index contributed by atoms with van der Waals surface area (Å²) >= 11 is 0. The molecule has 0 aliphatic carbocycles. The highest BCUT2D eigenvalue weighted by Crippen LogP contribution is 2.27. The van der Waals surface area contributed by atoms with Gasteiger partial charge in [-0.1, -0.05) is 30.3 Å². The van der Waals surface area contributed by atoms with Gasteiger partial charge in [0.05, 0.1) is 23.4 Å². The van der Waals surface area contributed by atoms with Gasteiger partial charge in [-0.25, -0.2) is 8.42 Å². The molecule has 0 saturated heterocycles. The number of hydrogen-bond acceptors (Lipinski definition) is 4. The molecule has 2 aromatic carbocycles. The summed E-state index contributed by atoms with van der Waals surface area (Å²) in [5, 5.41) is 9.39. The molecule has 112 valence electrons. The summed E-state index contributed by atoms with van der Waals surface area (Å²) in [4.78, 5) is 0.213. The Morgan fingerprint density at radius 1 is 1.00 bits per heavy atom. The average Bonchev–Trinajstić information content (AvgIpc) is 2.54. The lowest BCUT2D eigenvalue weighted by atomic mass is 10.1. The highest BCUT2D eigenvalue weighted by molar-refractivity contribution is 7.92. The first-order chi connectivity index (χ1) is 9.96. The third-order valence-corrected chi connectivity index (χ3v) is 5.63. The Balaban J connectivity index is 2.27. The molecule has 0 unspecified atom stereocenters. The Morgan fingerprint density at radius 3 is 2.10 bits per heavy atom. The molecule has 0 aromatic heterocycles. The molecule has 0 aliphatic rings. The molecule has 0 aliphatic heterocycles. The van der Waals surface area contributed by atoms with Crippen LogP contribution in [0.3, 0.4) is 0 Å². The van der Waals surface area contributed by atoms with Gasteiger partial charge in [0.2, 0.25) is 0 Å². The van der Waals surface area contributed by atoms with Crippen molar-refractivity contribution in [1.82, 2.24) is 0 Å². The van der Waals surface area contributed by atoms with Gasteiger partial charge in [0.25, 0.3) is 0 Å². The van der Waals surface area contributed by atoms with Gasteiger partial charge in [-0.3, -0.25) is 0 Å². The van der Waals surface area contributed by atoms with Gasteiger partial charge >= 0.3 is 0 Å². The SMILES string of the molecule is COc1ccc([C@@H](O)[C@H](C)S(=O)(=O)c2ccccc2)cc1. The van der Waals surface area contributed by atoms with Gasteiger partial charge in [-0.2, -0.15) is 0 Å². The first-order valence-corrected chi connectivity index (χ1v) is 8.12. The molecule has 5 heteroatoms. The van der Waals surface area contributed by atoms with Gasteiger partial charge in [0.15, 0.2) is 9.84 Å². The number of hydrogen-bond donors (Lipinski definition) is 1. The smallest absolute Gasteiger partial charge is 0.183 e. The van der Waals surface area contributed by atoms with E-state index in [9.17, 15) is 13.5 Å². The lowest BCUT2D eigenvalue weighted by Gasteiger charge is -2.20. The van der Waals surface area contributed by atoms with Crippen molar-refractivity contribution in [1.29, 1.82) is 0 Å². The molecule has 0 radical (unpaired) electrons. The molecule has 0 saturated carbocycles. The largest absolute Gasteiger partial charge is 0.497 e. The van der Waals surface area contributed by atoms with Crippen LogP contribution in [0.1, 0.15) is 18.6 Å². The van der Waals surface area contributed by atoms with E-state index in [-0.39, 0.29) is 4.90 Å².